The van der Waals surface area contributed by atoms with Crippen LogP contribution in [0, 0.1) is 0 Å². The van der Waals surface area contributed by atoms with Gasteiger partial charge in [0.1, 0.15) is 4.90 Å². The molecule has 0 saturated heterocycles. The summed E-state index contributed by atoms with van der Waals surface area (Å²) < 4.78 is 27.4. The predicted molar refractivity (Wildman–Crippen MR) is 86.7 cm³/mol. The Kier molecular flexibility index (Phi) is 5.17. The second kappa shape index (κ2) is 6.55. The van der Waals surface area contributed by atoms with Crippen LogP contribution in [0.1, 0.15) is 18.5 Å². The van der Waals surface area contributed by atoms with Crippen LogP contribution in [0.3, 0.4) is 0 Å². The van der Waals surface area contributed by atoms with Crippen molar-refractivity contribution in [2.45, 2.75) is 17.9 Å². The van der Waals surface area contributed by atoms with Gasteiger partial charge in [0.25, 0.3) is 0 Å². The molecule has 7 heteroatoms. The molecule has 0 aliphatic rings. The van der Waals surface area contributed by atoms with Crippen molar-refractivity contribution < 1.29 is 8.42 Å². The third-order valence-corrected chi connectivity index (χ3v) is 5.91. The topological polar surface area (TPSA) is 46.2 Å². The van der Waals surface area contributed by atoms with E-state index in [0.717, 1.165) is 5.56 Å². The number of benzene rings is 2. The summed E-state index contributed by atoms with van der Waals surface area (Å²) in [5, 5.41) is 0.141. The third kappa shape index (κ3) is 3.71. The highest BCUT2D eigenvalue weighted by atomic mass is 35.5. The van der Waals surface area contributed by atoms with Gasteiger partial charge in [-0.1, -0.05) is 65.1 Å². The van der Waals surface area contributed by atoms with Crippen molar-refractivity contribution in [3.63, 3.8) is 0 Å². The normalized spacial score (nSPS) is 13.1. The fourth-order valence-corrected chi connectivity index (χ4v) is 4.03. The molecule has 21 heavy (non-hydrogen) atoms. The van der Waals surface area contributed by atoms with Crippen LogP contribution in [-0.2, 0) is 10.0 Å². The van der Waals surface area contributed by atoms with Crippen molar-refractivity contribution in [2.75, 3.05) is 0 Å². The van der Waals surface area contributed by atoms with Crippen molar-refractivity contribution in [2.24, 2.45) is 0 Å². The molecule has 0 aromatic heterocycles. The summed E-state index contributed by atoms with van der Waals surface area (Å²) >= 11 is 17.7. The fraction of sp³-hybridized carbons (Fsp3) is 0.143. The highest BCUT2D eigenvalue weighted by molar-refractivity contribution is 7.89. The third-order valence-electron chi connectivity index (χ3n) is 2.92. The molecule has 2 rings (SSSR count). The molecular weight excluding hydrogens is 353 g/mol. The van der Waals surface area contributed by atoms with Gasteiger partial charge in [-0.2, -0.15) is 0 Å². The van der Waals surface area contributed by atoms with E-state index in [-0.39, 0.29) is 20.0 Å². The van der Waals surface area contributed by atoms with Crippen LogP contribution in [-0.4, -0.2) is 8.42 Å². The van der Waals surface area contributed by atoms with Crippen LogP contribution >= 0.6 is 34.8 Å². The average molecular weight is 365 g/mol. The van der Waals surface area contributed by atoms with Crippen LogP contribution < -0.4 is 4.72 Å². The maximum absolute atomic E-state index is 12.4. The van der Waals surface area contributed by atoms with Gasteiger partial charge in [-0.05, 0) is 24.6 Å². The van der Waals surface area contributed by atoms with Gasteiger partial charge in [-0.25, -0.2) is 13.1 Å². The number of hydrogen-bond donors (Lipinski definition) is 1. The van der Waals surface area contributed by atoms with E-state index in [1.54, 1.807) is 6.92 Å². The maximum atomic E-state index is 12.4. The van der Waals surface area contributed by atoms with Crippen LogP contribution in [0.15, 0.2) is 47.4 Å². The van der Waals surface area contributed by atoms with Gasteiger partial charge in [-0.3, -0.25) is 0 Å². The van der Waals surface area contributed by atoms with Gasteiger partial charge in [0, 0.05) is 6.04 Å². The van der Waals surface area contributed by atoms with E-state index in [1.807, 2.05) is 30.3 Å². The highest BCUT2D eigenvalue weighted by Gasteiger charge is 2.23. The van der Waals surface area contributed by atoms with Crippen molar-refractivity contribution in [1.82, 2.24) is 4.72 Å². The molecule has 2 aromatic carbocycles. The van der Waals surface area contributed by atoms with Crippen LogP contribution in [0.4, 0.5) is 0 Å². The molecule has 0 heterocycles. The summed E-state index contributed by atoms with van der Waals surface area (Å²) in [5.41, 5.74) is 0.845. The van der Waals surface area contributed by atoms with Crippen molar-refractivity contribution in [3.8, 4) is 0 Å². The minimum absolute atomic E-state index is 0.0218. The first kappa shape index (κ1) is 16.6. The smallest absolute Gasteiger partial charge is 0.207 e. The number of nitrogens with one attached hydrogen (secondary N) is 1. The van der Waals surface area contributed by atoms with E-state index < -0.39 is 16.1 Å². The molecule has 0 fully saturated rings. The lowest BCUT2D eigenvalue weighted by Crippen LogP contribution is -2.27. The lowest BCUT2D eigenvalue weighted by Gasteiger charge is -2.16. The zero-order valence-corrected chi connectivity index (χ0v) is 14.1. The Morgan fingerprint density at radius 3 is 2.19 bits per heavy atom. The Morgan fingerprint density at radius 1 is 0.952 bits per heavy atom. The second-order valence-electron chi connectivity index (χ2n) is 4.43. The molecule has 0 radical (unpaired) electrons. The Hall–Kier alpha value is -0.780. The van der Waals surface area contributed by atoms with Crippen LogP contribution in [0.2, 0.25) is 15.1 Å². The maximum Gasteiger partial charge on any atom is 0.242 e. The van der Waals surface area contributed by atoms with Gasteiger partial charge in [0.15, 0.2) is 0 Å². The Balaban J connectivity index is 2.33. The van der Waals surface area contributed by atoms with Gasteiger partial charge in [0.2, 0.25) is 10.0 Å². The largest absolute Gasteiger partial charge is 0.242 e. The first-order chi connectivity index (χ1) is 9.83. The summed E-state index contributed by atoms with van der Waals surface area (Å²) in [5.74, 6) is 0. The molecule has 112 valence electrons. The summed E-state index contributed by atoms with van der Waals surface area (Å²) in [6.45, 7) is 1.75. The Bertz CT molecular complexity index is 748. The van der Waals surface area contributed by atoms with E-state index in [2.05, 4.69) is 4.72 Å². The van der Waals surface area contributed by atoms with Crippen molar-refractivity contribution >= 4 is 44.8 Å². The van der Waals surface area contributed by atoms with E-state index in [4.69, 9.17) is 34.8 Å². The van der Waals surface area contributed by atoms with Gasteiger partial charge < -0.3 is 0 Å². The van der Waals surface area contributed by atoms with Gasteiger partial charge in [0.05, 0.1) is 15.1 Å². The lowest BCUT2D eigenvalue weighted by molar-refractivity contribution is 0.567. The van der Waals surface area contributed by atoms with Crippen molar-refractivity contribution in [3.05, 3.63) is 63.1 Å². The molecular formula is C14H12Cl3NO2S. The highest BCUT2D eigenvalue weighted by Crippen LogP contribution is 2.35. The SMILES string of the molecule is C[C@@H](NS(=O)(=O)c1ccc(Cl)c(Cl)c1Cl)c1ccccc1. The molecule has 0 spiro atoms. The molecule has 1 N–H and O–H groups in total. The van der Waals surface area contributed by atoms with Gasteiger partial charge in [-0.15, -0.1) is 0 Å². The predicted octanol–water partition coefficient (Wildman–Crippen LogP) is 4.69. The molecule has 0 bridgehead atoms. The standard InChI is InChI=1S/C14H12Cl3NO2S/c1-9(10-5-3-2-4-6-10)18-21(19,20)12-8-7-11(15)13(16)14(12)17/h2-9,18H,1H3/t9-/m1/s1. The molecule has 0 aliphatic carbocycles. The molecule has 0 saturated carbocycles. The number of hydrogen-bond acceptors (Lipinski definition) is 2. The molecule has 2 aromatic rings. The summed E-state index contributed by atoms with van der Waals surface area (Å²) in [6, 6.07) is 11.5. The monoisotopic (exact) mass is 363 g/mol. The van der Waals surface area contributed by atoms with E-state index >= 15 is 0 Å². The van der Waals surface area contributed by atoms with E-state index in [9.17, 15) is 8.42 Å². The molecule has 3 nitrogen and oxygen atoms in total. The Morgan fingerprint density at radius 2 is 1.57 bits per heavy atom. The minimum atomic E-state index is -3.80. The summed E-state index contributed by atoms with van der Waals surface area (Å²) in [7, 11) is -3.80. The van der Waals surface area contributed by atoms with E-state index in [0.29, 0.717) is 0 Å². The quantitative estimate of drug-likeness (QED) is 0.800. The van der Waals surface area contributed by atoms with Crippen LogP contribution in [0.25, 0.3) is 0 Å². The van der Waals surface area contributed by atoms with Crippen LogP contribution in [0.5, 0.6) is 0 Å². The number of halogens is 3. The molecule has 0 aliphatic heterocycles. The summed E-state index contributed by atoms with van der Waals surface area (Å²) in [4.78, 5) is -0.0960. The van der Waals surface area contributed by atoms with Gasteiger partial charge >= 0.3 is 0 Å². The fourth-order valence-electron chi connectivity index (χ4n) is 1.82. The zero-order chi connectivity index (χ0) is 15.6. The number of sulfonamides is 1. The molecule has 0 amide bonds. The minimum Gasteiger partial charge on any atom is -0.207 e. The zero-order valence-electron chi connectivity index (χ0n) is 11.0. The van der Waals surface area contributed by atoms with Crippen molar-refractivity contribution in [1.29, 1.82) is 0 Å². The lowest BCUT2D eigenvalue weighted by atomic mass is 10.1. The first-order valence-electron chi connectivity index (χ1n) is 6.03. The van der Waals surface area contributed by atoms with E-state index in [1.165, 1.54) is 12.1 Å². The molecule has 1 atom stereocenters. The first-order valence-corrected chi connectivity index (χ1v) is 8.65. The molecule has 0 unspecified atom stereocenters. The summed E-state index contributed by atoms with van der Waals surface area (Å²) in [6.07, 6.45) is 0. The average Bonchev–Trinajstić information content (AvgIpc) is 2.45. The second-order valence-corrected chi connectivity index (χ2v) is 7.27. The Labute approximate surface area is 138 Å². The number of rotatable bonds is 4.